The number of amidine groups is 1. The van der Waals surface area contributed by atoms with Crippen molar-refractivity contribution in [3.63, 3.8) is 0 Å². The fourth-order valence-electron chi connectivity index (χ4n) is 3.31. The zero-order valence-electron chi connectivity index (χ0n) is 19.3. The fourth-order valence-corrected chi connectivity index (χ4v) is 4.68. The van der Waals surface area contributed by atoms with Gasteiger partial charge in [-0.25, -0.2) is 5.01 Å². The smallest absolute Gasteiger partial charge is 0.241 e. The van der Waals surface area contributed by atoms with E-state index in [4.69, 9.17) is 21.1 Å². The first-order valence-electron chi connectivity index (χ1n) is 10.6. The third-order valence-electron chi connectivity index (χ3n) is 4.88. The highest BCUT2D eigenvalue weighted by Gasteiger charge is 2.32. The van der Waals surface area contributed by atoms with Gasteiger partial charge in [-0.05, 0) is 47.7 Å². The van der Waals surface area contributed by atoms with Crippen LogP contribution in [0.5, 0.6) is 11.5 Å². The van der Waals surface area contributed by atoms with Crippen molar-refractivity contribution in [1.29, 1.82) is 0 Å². The highest BCUT2D eigenvalue weighted by atomic mass is 35.5. The predicted molar refractivity (Wildman–Crippen MR) is 132 cm³/mol. The Morgan fingerprint density at radius 3 is 2.42 bits per heavy atom. The van der Waals surface area contributed by atoms with Crippen LogP contribution in [0.3, 0.4) is 0 Å². The van der Waals surface area contributed by atoms with E-state index in [0.29, 0.717) is 35.1 Å². The normalized spacial score (nSPS) is 15.4. The summed E-state index contributed by atoms with van der Waals surface area (Å²) in [6, 6.07) is 11.6. The van der Waals surface area contributed by atoms with Crippen molar-refractivity contribution in [2.45, 2.75) is 45.9 Å². The standard InChI is InChI=1S/C24H28ClN3O4S/c1-14(2)19-8-6-15(3)12-22(19)32-11-10-31-21-9-7-18(13-20(21)25)23-28(17(5)30)27-24(33-23)26-16(4)29/h6-9,12-14,23H,10-11H2,1-5H3,(H,26,27,29). The molecule has 1 atom stereocenters. The third kappa shape index (κ3) is 6.42. The van der Waals surface area contributed by atoms with Gasteiger partial charge in [0.15, 0.2) is 5.17 Å². The molecule has 2 aromatic rings. The molecule has 1 aliphatic heterocycles. The maximum atomic E-state index is 12.0. The van der Waals surface area contributed by atoms with Crippen LogP contribution in [0.4, 0.5) is 0 Å². The van der Waals surface area contributed by atoms with Crippen molar-refractivity contribution in [3.8, 4) is 11.5 Å². The van der Waals surface area contributed by atoms with Crippen molar-refractivity contribution >= 4 is 40.3 Å². The van der Waals surface area contributed by atoms with E-state index in [2.05, 4.69) is 36.4 Å². The van der Waals surface area contributed by atoms with E-state index < -0.39 is 5.37 Å². The molecule has 1 unspecified atom stereocenters. The van der Waals surface area contributed by atoms with Crippen molar-refractivity contribution < 1.29 is 19.1 Å². The summed E-state index contributed by atoms with van der Waals surface area (Å²) in [6.45, 7) is 9.83. The minimum absolute atomic E-state index is 0.238. The lowest BCUT2D eigenvalue weighted by Gasteiger charge is -2.20. The lowest BCUT2D eigenvalue weighted by Crippen LogP contribution is -2.25. The van der Waals surface area contributed by atoms with Crippen molar-refractivity contribution in [1.82, 2.24) is 10.3 Å². The van der Waals surface area contributed by atoms with E-state index >= 15 is 0 Å². The number of carbonyl (C=O) groups excluding carboxylic acids is 2. The number of ether oxygens (including phenoxy) is 2. The van der Waals surface area contributed by atoms with Gasteiger partial charge in [0.2, 0.25) is 11.8 Å². The molecule has 0 radical (unpaired) electrons. The molecule has 0 bridgehead atoms. The number of aryl methyl sites for hydroxylation is 1. The molecule has 9 heteroatoms. The quantitative estimate of drug-likeness (QED) is 0.538. The van der Waals surface area contributed by atoms with Crippen molar-refractivity contribution in [3.05, 3.63) is 58.1 Å². The van der Waals surface area contributed by atoms with Crippen LogP contribution in [-0.2, 0) is 9.59 Å². The topological polar surface area (TPSA) is 80.2 Å². The first kappa shape index (κ1) is 24.9. The molecule has 176 valence electrons. The van der Waals surface area contributed by atoms with E-state index in [9.17, 15) is 9.59 Å². The van der Waals surface area contributed by atoms with Crippen LogP contribution in [-0.4, -0.2) is 35.2 Å². The summed E-state index contributed by atoms with van der Waals surface area (Å²) in [4.78, 5) is 23.4. The van der Waals surface area contributed by atoms with Crippen LogP contribution in [0, 0.1) is 6.92 Å². The lowest BCUT2D eigenvalue weighted by molar-refractivity contribution is -0.129. The second-order valence-corrected chi connectivity index (χ2v) is 9.48. The number of carbonyl (C=O) groups is 2. The minimum Gasteiger partial charge on any atom is -0.490 e. The predicted octanol–water partition coefficient (Wildman–Crippen LogP) is 5.23. The van der Waals surface area contributed by atoms with Crippen LogP contribution in [0.15, 0.2) is 41.5 Å². The van der Waals surface area contributed by atoms with Gasteiger partial charge in [0, 0.05) is 13.8 Å². The van der Waals surface area contributed by atoms with Crippen molar-refractivity contribution in [2.75, 3.05) is 13.2 Å². The Morgan fingerprint density at radius 2 is 1.82 bits per heavy atom. The SMILES string of the molecule is CC(=O)NC1=NN(C(C)=O)C(c2ccc(OCCOc3cc(C)ccc3C(C)C)c(Cl)c2)S1. The number of rotatable bonds is 7. The molecule has 0 fully saturated rings. The Hall–Kier alpha value is -2.71. The molecule has 1 N–H and O–H groups in total. The summed E-state index contributed by atoms with van der Waals surface area (Å²) >= 11 is 7.72. The van der Waals surface area contributed by atoms with E-state index in [1.54, 1.807) is 12.1 Å². The molecule has 0 saturated carbocycles. The molecule has 3 rings (SSSR count). The van der Waals surface area contributed by atoms with E-state index in [-0.39, 0.29) is 11.8 Å². The van der Waals surface area contributed by atoms with Crippen LogP contribution < -0.4 is 14.8 Å². The molecule has 2 aromatic carbocycles. The summed E-state index contributed by atoms with van der Waals surface area (Å²) in [5, 5.41) is 8.51. The Bertz CT molecular complexity index is 1070. The Balaban J connectivity index is 1.62. The van der Waals surface area contributed by atoms with E-state index in [1.165, 1.54) is 30.6 Å². The van der Waals surface area contributed by atoms with Gasteiger partial charge in [-0.2, -0.15) is 0 Å². The van der Waals surface area contributed by atoms with Gasteiger partial charge in [0.25, 0.3) is 0 Å². The van der Waals surface area contributed by atoms with E-state index in [0.717, 1.165) is 22.4 Å². The molecule has 1 heterocycles. The number of nitrogens with zero attached hydrogens (tertiary/aromatic N) is 2. The maximum absolute atomic E-state index is 12.0. The lowest BCUT2D eigenvalue weighted by atomic mass is 10.0. The van der Waals surface area contributed by atoms with E-state index in [1.807, 2.05) is 19.1 Å². The second-order valence-electron chi connectivity index (χ2n) is 8.00. The zero-order valence-corrected chi connectivity index (χ0v) is 20.9. The third-order valence-corrected chi connectivity index (χ3v) is 6.28. The Labute approximate surface area is 203 Å². The molecule has 0 saturated heterocycles. The molecule has 1 aliphatic rings. The first-order valence-corrected chi connectivity index (χ1v) is 11.9. The summed E-state index contributed by atoms with van der Waals surface area (Å²) in [6.07, 6.45) is 0. The highest BCUT2D eigenvalue weighted by Crippen LogP contribution is 2.41. The number of hydrogen-bond acceptors (Lipinski definition) is 6. The van der Waals surface area contributed by atoms with Gasteiger partial charge in [0.05, 0.1) is 5.02 Å². The van der Waals surface area contributed by atoms with Gasteiger partial charge in [-0.1, -0.05) is 55.4 Å². The average molecular weight is 490 g/mol. The monoisotopic (exact) mass is 489 g/mol. The van der Waals surface area contributed by atoms with Gasteiger partial charge in [-0.3, -0.25) is 9.59 Å². The zero-order chi connectivity index (χ0) is 24.1. The number of hydrazone groups is 1. The van der Waals surface area contributed by atoms with Gasteiger partial charge in [-0.15, -0.1) is 5.10 Å². The second kappa shape index (κ2) is 10.9. The molecule has 0 spiro atoms. The number of hydrogen-bond donors (Lipinski definition) is 1. The summed E-state index contributed by atoms with van der Waals surface area (Å²) in [5.41, 5.74) is 3.08. The first-order chi connectivity index (χ1) is 15.7. The van der Waals surface area contributed by atoms with Crippen molar-refractivity contribution in [2.24, 2.45) is 5.10 Å². The highest BCUT2D eigenvalue weighted by molar-refractivity contribution is 8.14. The van der Waals surface area contributed by atoms with Gasteiger partial charge >= 0.3 is 0 Å². The molecule has 33 heavy (non-hydrogen) atoms. The van der Waals surface area contributed by atoms with Crippen LogP contribution >= 0.6 is 23.4 Å². The molecule has 0 aromatic heterocycles. The van der Waals surface area contributed by atoms with Crippen LogP contribution in [0.2, 0.25) is 5.02 Å². The van der Waals surface area contributed by atoms with Crippen LogP contribution in [0.25, 0.3) is 0 Å². The average Bonchev–Trinajstić information content (AvgIpc) is 3.15. The molecule has 2 amide bonds. The molecule has 7 nitrogen and oxygen atoms in total. The maximum Gasteiger partial charge on any atom is 0.241 e. The van der Waals surface area contributed by atoms with Gasteiger partial charge < -0.3 is 14.8 Å². The van der Waals surface area contributed by atoms with Gasteiger partial charge in [0.1, 0.15) is 30.1 Å². The number of nitrogens with one attached hydrogen (secondary N) is 1. The number of halogens is 1. The summed E-state index contributed by atoms with van der Waals surface area (Å²) in [7, 11) is 0. The number of amides is 2. The van der Waals surface area contributed by atoms with Crippen LogP contribution in [0.1, 0.15) is 55.7 Å². The number of benzene rings is 2. The summed E-state index contributed by atoms with van der Waals surface area (Å²) < 4.78 is 11.8. The molecular formula is C24H28ClN3O4S. The Kier molecular flexibility index (Phi) is 8.26. The minimum atomic E-state index is -0.421. The largest absolute Gasteiger partial charge is 0.490 e. The Morgan fingerprint density at radius 1 is 1.12 bits per heavy atom. The number of thioether (sulfide) groups is 1. The summed E-state index contributed by atoms with van der Waals surface area (Å²) in [5.74, 6) is 1.27. The molecular weight excluding hydrogens is 462 g/mol. The fraction of sp³-hybridized carbons (Fsp3) is 0.375. The molecule has 0 aliphatic carbocycles.